The molecule has 5 atom stereocenters. The molecule has 0 saturated heterocycles. The molecular weight excluding hydrogens is 1170 g/mol. The minimum Gasteiger partial charge on any atom is -0.481 e. The van der Waals surface area contributed by atoms with E-state index in [9.17, 15) is 82.2 Å². The van der Waals surface area contributed by atoms with Crippen molar-refractivity contribution in [1.82, 2.24) is 31.9 Å². The zero-order chi connectivity index (χ0) is 60.5. The van der Waals surface area contributed by atoms with Crippen molar-refractivity contribution in [2.75, 3.05) is 13.1 Å². The van der Waals surface area contributed by atoms with Crippen LogP contribution in [0.3, 0.4) is 0 Å². The van der Waals surface area contributed by atoms with E-state index in [-0.39, 0.29) is 46.8 Å². The highest BCUT2D eigenvalue weighted by atomic mass is 32.3. The number of carbonyl (C=O) groups is 8. The quantitative estimate of drug-likeness (QED) is 0.0220. The fourth-order valence-corrected chi connectivity index (χ4v) is 8.28. The zero-order valence-corrected chi connectivity index (χ0v) is 44.4. The lowest BCUT2D eigenvalue weighted by Crippen LogP contribution is -2.57. The van der Waals surface area contributed by atoms with Crippen molar-refractivity contribution in [3.05, 3.63) is 119 Å². The summed E-state index contributed by atoms with van der Waals surface area (Å²) in [5.41, 5.74) is 6.98. The maximum atomic E-state index is 13.9. The molecule has 440 valence electrons. The molecule has 0 heterocycles. The van der Waals surface area contributed by atoms with Crippen LogP contribution < -0.4 is 54.4 Å². The van der Waals surface area contributed by atoms with E-state index >= 15 is 0 Å². The molecule has 0 saturated carbocycles. The molecule has 0 aliphatic heterocycles. The van der Waals surface area contributed by atoms with Crippen LogP contribution in [0.15, 0.2) is 97.1 Å². The Labute approximate surface area is 459 Å². The van der Waals surface area contributed by atoms with E-state index in [0.717, 1.165) is 48.5 Å². The fourth-order valence-electron chi connectivity index (χ4n) is 6.87. The Bertz CT molecular complexity index is 3410. The van der Waals surface area contributed by atoms with Gasteiger partial charge in [-0.25, -0.2) is 4.79 Å². The average molecular weight is 1220 g/mol. The number of aliphatic carboxylic acids is 2. The summed E-state index contributed by atoms with van der Waals surface area (Å²) in [4.78, 5) is 105. The van der Waals surface area contributed by atoms with Gasteiger partial charge in [0.15, 0.2) is 0 Å². The Morgan fingerprint density at radius 1 is 0.395 bits per heavy atom. The van der Waals surface area contributed by atoms with Crippen LogP contribution >= 0.6 is 0 Å². The van der Waals surface area contributed by atoms with Crippen LogP contribution in [0.25, 0.3) is 0 Å². The Morgan fingerprint density at radius 3 is 1.06 bits per heavy atom. The Morgan fingerprint density at radius 2 is 0.704 bits per heavy atom. The second-order valence-electron chi connectivity index (χ2n) is 16.8. The Hall–Kier alpha value is -8.56. The SMILES string of the molecule is N[C@@H](Cc1ccc(OS(=O)(=O)O)cc1)C(=O)N[C@@H](Cc1ccc(OS(=O)(=O)O)cc1)C(=O)NCC(=O)NCC(=O)N[C@@H](Cc1ccc(OS(=O)(=O)O)cc1)C(=O)N[C@@H](CC(=O)O)C(=O)N[C@@H](Cc1ccc(OS(=O)(=O)O)cc1)C(=O)O. The predicted octanol–water partition coefficient (Wildman–Crippen LogP) is -3.26. The summed E-state index contributed by atoms with van der Waals surface area (Å²) in [6.07, 6.45) is -2.76. The molecule has 0 radical (unpaired) electrons. The highest BCUT2D eigenvalue weighted by Crippen LogP contribution is 2.19. The van der Waals surface area contributed by atoms with E-state index in [4.69, 9.17) is 23.9 Å². The normalized spacial score (nSPS) is 13.5. The number of rotatable bonds is 31. The van der Waals surface area contributed by atoms with Gasteiger partial charge in [-0.3, -0.25) is 51.8 Å². The smallest absolute Gasteiger partial charge is 0.446 e. The van der Waals surface area contributed by atoms with Gasteiger partial charge in [-0.15, -0.1) is 0 Å². The first kappa shape index (κ1) is 65.0. The molecule has 81 heavy (non-hydrogen) atoms. The van der Waals surface area contributed by atoms with Crippen LogP contribution in [0.5, 0.6) is 23.0 Å². The van der Waals surface area contributed by atoms with Gasteiger partial charge in [0.2, 0.25) is 35.4 Å². The lowest BCUT2D eigenvalue weighted by molar-refractivity contribution is -0.143. The van der Waals surface area contributed by atoms with Crippen molar-refractivity contribution in [2.45, 2.75) is 62.3 Å². The maximum absolute atomic E-state index is 13.9. The first-order chi connectivity index (χ1) is 37.6. The molecule has 0 aliphatic carbocycles. The molecule has 6 amide bonds. The van der Waals surface area contributed by atoms with Crippen LogP contribution in [-0.4, -0.2) is 153 Å². The molecule has 33 nitrogen and oxygen atoms in total. The minimum absolute atomic E-state index is 0.121. The third kappa shape index (κ3) is 25.0. The fraction of sp³-hybridized carbons (Fsp3) is 0.273. The number of carboxylic acids is 2. The summed E-state index contributed by atoms with van der Waals surface area (Å²) in [6, 6.07) is 9.89. The molecular formula is C44H49N7O26S4. The van der Waals surface area contributed by atoms with Crippen molar-refractivity contribution in [3.63, 3.8) is 0 Å². The standard InChI is InChI=1S/C44H49N7O26S4/c45-32(17-24-1-9-28(10-2-24)74-78(62,63)64)40(56)49-33(18-25-3-11-29(12-4-25)75-79(65,66)67)41(57)47-22-37(52)46-23-38(53)48-34(19-26-5-13-30(14-6-26)76-80(68,69)70)42(58)50-35(21-39(54)55)43(59)51-36(44(60)61)20-27-7-15-31(16-8-27)77-81(71,72)73/h1-16,32-36H,17-23,45H2,(H,46,52)(H,47,57)(H,48,53)(H,49,56)(H,50,58)(H,51,59)(H,54,55)(H,60,61)(H,62,63,64)(H,65,66,67)(H,68,69,70)(H,71,72,73)/t32-,33-,34-,35-,36-/m0/s1. The lowest BCUT2D eigenvalue weighted by atomic mass is 10.0. The molecule has 0 spiro atoms. The van der Waals surface area contributed by atoms with Crippen LogP contribution in [0.2, 0.25) is 0 Å². The van der Waals surface area contributed by atoms with Crippen LogP contribution in [0, 0.1) is 0 Å². The molecule has 0 bridgehead atoms. The maximum Gasteiger partial charge on any atom is 0.446 e. The third-order valence-corrected chi connectivity index (χ3v) is 12.0. The van der Waals surface area contributed by atoms with Gasteiger partial charge in [0, 0.05) is 19.3 Å². The van der Waals surface area contributed by atoms with Gasteiger partial charge in [-0.05, 0) is 77.2 Å². The summed E-state index contributed by atoms with van der Waals surface area (Å²) >= 11 is 0. The van der Waals surface area contributed by atoms with Gasteiger partial charge in [0.05, 0.1) is 25.6 Å². The number of hydrogen-bond donors (Lipinski definition) is 13. The van der Waals surface area contributed by atoms with Crippen molar-refractivity contribution in [1.29, 1.82) is 0 Å². The average Bonchev–Trinajstić information content (AvgIpc) is 3.36. The summed E-state index contributed by atoms with van der Waals surface area (Å²) in [5.74, 6) is -11.5. The summed E-state index contributed by atoms with van der Waals surface area (Å²) in [5, 5.41) is 32.8. The number of carboxylic acid groups (broad SMARTS) is 2. The van der Waals surface area contributed by atoms with E-state index in [1.165, 1.54) is 48.5 Å². The molecule has 4 aromatic rings. The van der Waals surface area contributed by atoms with Crippen molar-refractivity contribution < 1.29 is 117 Å². The number of benzene rings is 4. The topological polar surface area (TPSA) is 530 Å². The first-order valence-corrected chi connectivity index (χ1v) is 28.0. The third-order valence-electron chi connectivity index (χ3n) is 10.4. The van der Waals surface area contributed by atoms with Gasteiger partial charge >= 0.3 is 53.5 Å². The van der Waals surface area contributed by atoms with Crippen LogP contribution in [0.4, 0.5) is 0 Å². The van der Waals surface area contributed by atoms with Crippen molar-refractivity contribution >= 4 is 89.0 Å². The monoisotopic (exact) mass is 1220 g/mol. The van der Waals surface area contributed by atoms with E-state index in [1.807, 2.05) is 0 Å². The van der Waals surface area contributed by atoms with E-state index in [2.05, 4.69) is 48.6 Å². The molecule has 0 fully saturated rings. The highest BCUT2D eigenvalue weighted by Gasteiger charge is 2.32. The van der Waals surface area contributed by atoms with E-state index < -0.39 is 157 Å². The van der Waals surface area contributed by atoms with Gasteiger partial charge in [-0.1, -0.05) is 48.5 Å². The second kappa shape index (κ2) is 28.5. The first-order valence-electron chi connectivity index (χ1n) is 22.6. The number of nitrogens with two attached hydrogens (primary N) is 1. The van der Waals surface area contributed by atoms with Gasteiger partial charge in [0.25, 0.3) is 0 Å². The molecule has 4 aromatic carbocycles. The Balaban J connectivity index is 1.47. The number of amides is 6. The number of carbonyl (C=O) groups excluding carboxylic acids is 6. The number of hydrogen-bond acceptors (Lipinski definition) is 21. The van der Waals surface area contributed by atoms with E-state index in [1.54, 1.807) is 0 Å². The van der Waals surface area contributed by atoms with Crippen molar-refractivity contribution in [3.8, 4) is 23.0 Å². The molecule has 0 unspecified atom stereocenters. The summed E-state index contributed by atoms with van der Waals surface area (Å²) in [6.45, 7) is -1.83. The van der Waals surface area contributed by atoms with Gasteiger partial charge < -0.3 is 64.6 Å². The summed E-state index contributed by atoms with van der Waals surface area (Å²) in [7, 11) is -19.7. The molecule has 4 rings (SSSR count). The van der Waals surface area contributed by atoms with Crippen LogP contribution in [-0.2, 0) is 106 Å². The second-order valence-corrected chi connectivity index (χ2v) is 20.9. The molecule has 37 heteroatoms. The molecule has 0 aliphatic rings. The lowest BCUT2D eigenvalue weighted by Gasteiger charge is -2.24. The van der Waals surface area contributed by atoms with Crippen molar-refractivity contribution in [2.24, 2.45) is 5.73 Å². The highest BCUT2D eigenvalue weighted by molar-refractivity contribution is 7.82. The largest absolute Gasteiger partial charge is 0.481 e. The molecule has 14 N–H and O–H groups in total. The minimum atomic E-state index is -4.98. The predicted molar refractivity (Wildman–Crippen MR) is 271 cm³/mol. The van der Waals surface area contributed by atoms with E-state index in [0.29, 0.717) is 5.56 Å². The van der Waals surface area contributed by atoms with Crippen LogP contribution in [0.1, 0.15) is 28.7 Å². The zero-order valence-electron chi connectivity index (χ0n) is 41.1. The van der Waals surface area contributed by atoms with Gasteiger partial charge in [-0.2, -0.15) is 33.7 Å². The summed E-state index contributed by atoms with van der Waals surface area (Å²) < 4.78 is 142. The number of nitrogens with one attached hydrogen (secondary N) is 6. The Kier molecular flexibility index (Phi) is 22.9. The molecule has 0 aromatic heterocycles. The van der Waals surface area contributed by atoms with Gasteiger partial charge in [0.1, 0.15) is 47.2 Å².